The van der Waals surface area contributed by atoms with Crippen molar-refractivity contribution in [3.8, 4) is 0 Å². The molecule has 0 amide bonds. The Labute approximate surface area is 204 Å². The minimum Gasteiger partial charge on any atom is -0.371 e. The lowest BCUT2D eigenvalue weighted by Gasteiger charge is -2.34. The molecule has 4 heteroatoms. The molecule has 2 aromatic rings. The number of piperidine rings is 2. The van der Waals surface area contributed by atoms with Crippen molar-refractivity contribution >= 4 is 22.9 Å². The molecule has 2 aromatic carbocycles. The van der Waals surface area contributed by atoms with E-state index in [1.54, 1.807) is 0 Å². The Hall–Kier alpha value is -2.62. The number of anilines is 2. The molecule has 4 nitrogen and oxygen atoms in total. The topological polar surface area (TPSA) is 40.6 Å². The summed E-state index contributed by atoms with van der Waals surface area (Å²) in [5.74, 6) is 1.61. The van der Waals surface area contributed by atoms with Crippen molar-refractivity contribution in [3.63, 3.8) is 0 Å². The Morgan fingerprint density at radius 3 is 1.35 bits per heavy atom. The smallest absolute Gasteiger partial charge is 0.194 e. The molecular weight excluding hydrogens is 420 g/mol. The Morgan fingerprint density at radius 1 is 0.618 bits per heavy atom. The number of nitrogens with zero attached hydrogens (tertiary/aromatic N) is 2. The first-order valence-corrected chi connectivity index (χ1v) is 13.5. The Bertz CT molecular complexity index is 974. The molecule has 1 aliphatic carbocycles. The molecule has 0 N–H and O–H groups in total. The largest absolute Gasteiger partial charge is 0.371 e. The normalized spacial score (nSPS) is 19.4. The molecule has 0 radical (unpaired) electrons. The number of hydrogen-bond donors (Lipinski definition) is 0. The van der Waals surface area contributed by atoms with E-state index < -0.39 is 0 Å². The maximum Gasteiger partial charge on any atom is 0.194 e. The van der Waals surface area contributed by atoms with E-state index in [9.17, 15) is 9.59 Å². The van der Waals surface area contributed by atoms with Gasteiger partial charge in [0.05, 0.1) is 0 Å². The second kappa shape index (κ2) is 9.93. The number of carbonyl (C=O) groups excluding carboxylic acids is 2. The fourth-order valence-corrected chi connectivity index (χ4v) is 6.30. The van der Waals surface area contributed by atoms with Crippen molar-refractivity contribution in [2.75, 3.05) is 36.0 Å². The molecule has 0 unspecified atom stereocenters. The van der Waals surface area contributed by atoms with E-state index in [2.05, 4.69) is 23.6 Å². The quantitative estimate of drug-likeness (QED) is 0.423. The average Bonchev–Trinajstić information content (AvgIpc) is 2.88. The molecule has 0 aromatic heterocycles. The molecule has 180 valence electrons. The minimum absolute atomic E-state index is 0.0134. The first kappa shape index (κ1) is 23.1. The Morgan fingerprint density at radius 2 is 1.00 bits per heavy atom. The van der Waals surface area contributed by atoms with Crippen LogP contribution in [0.5, 0.6) is 0 Å². The summed E-state index contributed by atoms with van der Waals surface area (Å²) in [5, 5.41) is 0. The maximum atomic E-state index is 13.4. The number of hydrogen-bond acceptors (Lipinski definition) is 4. The summed E-state index contributed by atoms with van der Waals surface area (Å²) < 4.78 is 0. The van der Waals surface area contributed by atoms with Crippen LogP contribution in [0.3, 0.4) is 0 Å². The molecule has 5 rings (SSSR count). The predicted molar refractivity (Wildman–Crippen MR) is 139 cm³/mol. The van der Waals surface area contributed by atoms with Crippen molar-refractivity contribution in [3.05, 3.63) is 58.7 Å². The number of rotatable bonds is 6. The molecule has 2 saturated heterocycles. The maximum absolute atomic E-state index is 13.4. The van der Waals surface area contributed by atoms with Crippen molar-refractivity contribution in [1.29, 1.82) is 0 Å². The molecule has 0 bridgehead atoms. The van der Waals surface area contributed by atoms with E-state index in [-0.39, 0.29) is 11.6 Å². The van der Waals surface area contributed by atoms with Gasteiger partial charge in [0.2, 0.25) is 0 Å². The number of carbonyl (C=O) groups is 2. The average molecular weight is 459 g/mol. The number of benzene rings is 2. The SMILES string of the molecule is CCCC1CCN(c2ccc3c(c2)C(=O)c2ccc(N4CCC(CCC)CC4)cc2C3=O)CC1. The highest BCUT2D eigenvalue weighted by Gasteiger charge is 2.32. The molecule has 2 fully saturated rings. The van der Waals surface area contributed by atoms with Crippen LogP contribution >= 0.6 is 0 Å². The van der Waals surface area contributed by atoms with E-state index in [1.807, 2.05) is 36.4 Å². The zero-order valence-corrected chi connectivity index (χ0v) is 20.8. The molecular formula is C30H38N2O2. The summed E-state index contributed by atoms with van der Waals surface area (Å²) >= 11 is 0. The van der Waals surface area contributed by atoms with Gasteiger partial charge in [-0.3, -0.25) is 9.59 Å². The highest BCUT2D eigenvalue weighted by atomic mass is 16.1. The number of fused-ring (bicyclic) bond motifs is 2. The van der Waals surface area contributed by atoms with Crippen LogP contribution in [0.4, 0.5) is 11.4 Å². The van der Waals surface area contributed by atoms with Crippen LogP contribution in [-0.4, -0.2) is 37.7 Å². The van der Waals surface area contributed by atoms with Crippen LogP contribution in [-0.2, 0) is 0 Å². The fraction of sp³-hybridized carbons (Fsp3) is 0.533. The molecule has 34 heavy (non-hydrogen) atoms. The predicted octanol–water partition coefficient (Wildman–Crippen LogP) is 6.50. The van der Waals surface area contributed by atoms with Gasteiger partial charge in [-0.2, -0.15) is 0 Å². The first-order chi connectivity index (χ1) is 16.6. The molecule has 2 aliphatic heterocycles. The monoisotopic (exact) mass is 458 g/mol. The summed E-state index contributed by atoms with van der Waals surface area (Å²) in [6, 6.07) is 11.8. The first-order valence-electron chi connectivity index (χ1n) is 13.5. The van der Waals surface area contributed by atoms with Gasteiger partial charge < -0.3 is 9.80 Å². The Kier molecular flexibility index (Phi) is 6.76. The lowest BCUT2D eigenvalue weighted by Crippen LogP contribution is -2.34. The fourth-order valence-electron chi connectivity index (χ4n) is 6.30. The molecule has 3 aliphatic rings. The van der Waals surface area contributed by atoms with Gasteiger partial charge in [0.25, 0.3) is 0 Å². The molecule has 0 atom stereocenters. The summed E-state index contributed by atoms with van der Waals surface area (Å²) in [6.07, 6.45) is 9.94. The third-order valence-corrected chi connectivity index (χ3v) is 8.34. The molecule has 0 saturated carbocycles. The third kappa shape index (κ3) is 4.39. The highest BCUT2D eigenvalue weighted by Crippen LogP contribution is 2.35. The zero-order valence-electron chi connectivity index (χ0n) is 20.8. The van der Waals surface area contributed by atoms with Gasteiger partial charge in [0, 0.05) is 59.8 Å². The van der Waals surface area contributed by atoms with Crippen LogP contribution in [0.2, 0.25) is 0 Å². The van der Waals surface area contributed by atoms with Gasteiger partial charge in [-0.1, -0.05) is 39.5 Å². The van der Waals surface area contributed by atoms with Crippen LogP contribution < -0.4 is 9.80 Å². The lowest BCUT2D eigenvalue weighted by molar-refractivity contribution is 0.0979. The van der Waals surface area contributed by atoms with Gasteiger partial charge in [0.1, 0.15) is 0 Å². The number of ketones is 2. The molecule has 2 heterocycles. The highest BCUT2D eigenvalue weighted by molar-refractivity contribution is 6.28. The van der Waals surface area contributed by atoms with Gasteiger partial charge in [-0.25, -0.2) is 0 Å². The van der Waals surface area contributed by atoms with Crippen molar-refractivity contribution in [1.82, 2.24) is 0 Å². The van der Waals surface area contributed by atoms with Gasteiger partial charge in [-0.05, 0) is 73.9 Å². The van der Waals surface area contributed by atoms with E-state index in [0.29, 0.717) is 22.3 Å². The van der Waals surface area contributed by atoms with Crippen LogP contribution in [0.1, 0.15) is 97.1 Å². The lowest BCUT2D eigenvalue weighted by atomic mass is 9.83. The standard InChI is InChI=1S/C30H38N2O2/c1-3-5-21-11-15-31(16-12-21)23-7-9-25-27(19-23)29(33)26-10-8-24(20-28(26)30(25)34)32-17-13-22(6-4-2)14-18-32/h7-10,19-22H,3-6,11-18H2,1-2H3. The van der Waals surface area contributed by atoms with E-state index in [1.165, 1.54) is 51.4 Å². The third-order valence-electron chi connectivity index (χ3n) is 8.34. The van der Waals surface area contributed by atoms with Crippen molar-refractivity contribution < 1.29 is 9.59 Å². The minimum atomic E-state index is -0.0134. The Balaban J connectivity index is 1.35. The van der Waals surface area contributed by atoms with Crippen molar-refractivity contribution in [2.45, 2.75) is 65.2 Å². The van der Waals surface area contributed by atoms with E-state index in [0.717, 1.165) is 49.4 Å². The van der Waals surface area contributed by atoms with E-state index in [4.69, 9.17) is 0 Å². The van der Waals surface area contributed by atoms with Crippen molar-refractivity contribution in [2.24, 2.45) is 11.8 Å². The van der Waals surface area contributed by atoms with Gasteiger partial charge >= 0.3 is 0 Å². The van der Waals surface area contributed by atoms with Crippen LogP contribution in [0.15, 0.2) is 36.4 Å². The zero-order chi connectivity index (χ0) is 23.7. The second-order valence-electron chi connectivity index (χ2n) is 10.6. The summed E-state index contributed by atoms with van der Waals surface area (Å²) in [5.41, 5.74) is 4.40. The molecule has 0 spiro atoms. The summed E-state index contributed by atoms with van der Waals surface area (Å²) in [6.45, 7) is 8.63. The van der Waals surface area contributed by atoms with Gasteiger partial charge in [-0.15, -0.1) is 0 Å². The van der Waals surface area contributed by atoms with E-state index >= 15 is 0 Å². The van der Waals surface area contributed by atoms with Crippen LogP contribution in [0, 0.1) is 11.8 Å². The second-order valence-corrected chi connectivity index (χ2v) is 10.6. The summed E-state index contributed by atoms with van der Waals surface area (Å²) in [4.78, 5) is 31.6. The summed E-state index contributed by atoms with van der Waals surface area (Å²) in [7, 11) is 0. The van der Waals surface area contributed by atoms with Gasteiger partial charge in [0.15, 0.2) is 11.6 Å². The van der Waals surface area contributed by atoms with Crippen LogP contribution in [0.25, 0.3) is 0 Å².